The summed E-state index contributed by atoms with van der Waals surface area (Å²) in [6.07, 6.45) is 0. The van der Waals surface area contributed by atoms with E-state index in [9.17, 15) is 14.0 Å². The predicted molar refractivity (Wildman–Crippen MR) is 78.9 cm³/mol. The van der Waals surface area contributed by atoms with Gasteiger partial charge in [0.05, 0.1) is 5.69 Å². The molecule has 2 aromatic rings. The molecule has 0 saturated heterocycles. The van der Waals surface area contributed by atoms with Gasteiger partial charge in [-0.1, -0.05) is 13.8 Å². The number of halogens is 2. The van der Waals surface area contributed by atoms with Crippen molar-refractivity contribution < 1.29 is 9.18 Å². The number of rotatable bonds is 4. The number of aromatic nitrogens is 2. The Bertz CT molecular complexity index is 723. The molecule has 21 heavy (non-hydrogen) atoms. The Morgan fingerprint density at radius 2 is 1.95 bits per heavy atom. The quantitative estimate of drug-likeness (QED) is 0.816. The molecule has 0 aliphatic carbocycles. The highest BCUT2D eigenvalue weighted by molar-refractivity contribution is 6.67. The Kier molecular flexibility index (Phi) is 4.53. The van der Waals surface area contributed by atoms with Gasteiger partial charge < -0.3 is 0 Å². The molecule has 0 aliphatic heterocycles. The largest absolute Gasteiger partial charge is 0.279 e. The van der Waals surface area contributed by atoms with E-state index in [1.54, 1.807) is 0 Å². The van der Waals surface area contributed by atoms with Crippen molar-refractivity contribution in [3.8, 4) is 11.3 Å². The van der Waals surface area contributed by atoms with E-state index >= 15 is 0 Å². The molecule has 0 radical (unpaired) electrons. The van der Waals surface area contributed by atoms with Crippen molar-refractivity contribution in [1.29, 1.82) is 0 Å². The van der Waals surface area contributed by atoms with Gasteiger partial charge in [-0.3, -0.25) is 9.59 Å². The van der Waals surface area contributed by atoms with Crippen molar-refractivity contribution in [3.05, 3.63) is 52.1 Å². The molecule has 4 nitrogen and oxygen atoms in total. The molecule has 2 rings (SSSR count). The number of carbonyl (C=O) groups excluding carboxylic acids is 1. The number of carbonyl (C=O) groups is 1. The summed E-state index contributed by atoms with van der Waals surface area (Å²) in [5, 5.41) is 3.40. The standard InChI is InChI=1S/C15H14ClFN2O2/c1-9(2)8-19-15(21)12(14(16)20)7-13(18-19)10-3-5-11(17)6-4-10/h3-7,9H,8H2,1-2H3. The average Bonchev–Trinajstić information content (AvgIpc) is 2.41. The lowest BCUT2D eigenvalue weighted by Gasteiger charge is -2.11. The Morgan fingerprint density at radius 1 is 1.33 bits per heavy atom. The molecule has 0 fully saturated rings. The number of benzene rings is 1. The fraction of sp³-hybridized carbons (Fsp3) is 0.267. The maximum atomic E-state index is 13.0. The van der Waals surface area contributed by atoms with Crippen molar-refractivity contribution in [1.82, 2.24) is 9.78 Å². The van der Waals surface area contributed by atoms with Gasteiger partial charge in [-0.05, 0) is 47.9 Å². The van der Waals surface area contributed by atoms with E-state index in [2.05, 4.69) is 5.10 Å². The van der Waals surface area contributed by atoms with Crippen molar-refractivity contribution in [3.63, 3.8) is 0 Å². The number of hydrogen-bond donors (Lipinski definition) is 0. The Hall–Kier alpha value is -2.01. The maximum absolute atomic E-state index is 13.0. The van der Waals surface area contributed by atoms with Gasteiger partial charge in [0.15, 0.2) is 0 Å². The van der Waals surface area contributed by atoms with E-state index in [1.807, 2.05) is 13.8 Å². The van der Waals surface area contributed by atoms with Crippen LogP contribution in [0.3, 0.4) is 0 Å². The van der Waals surface area contributed by atoms with E-state index in [1.165, 1.54) is 35.0 Å². The van der Waals surface area contributed by atoms with Gasteiger partial charge >= 0.3 is 0 Å². The van der Waals surface area contributed by atoms with Gasteiger partial charge in [0.25, 0.3) is 10.8 Å². The molecule has 0 bridgehead atoms. The van der Waals surface area contributed by atoms with Crippen molar-refractivity contribution in [2.45, 2.75) is 20.4 Å². The van der Waals surface area contributed by atoms with E-state index in [0.717, 1.165) is 0 Å². The highest BCUT2D eigenvalue weighted by Gasteiger charge is 2.15. The van der Waals surface area contributed by atoms with Crippen LogP contribution < -0.4 is 5.56 Å². The summed E-state index contributed by atoms with van der Waals surface area (Å²) >= 11 is 5.46. The van der Waals surface area contributed by atoms with Gasteiger partial charge in [0.1, 0.15) is 11.4 Å². The van der Waals surface area contributed by atoms with Crippen LogP contribution in [0.5, 0.6) is 0 Å². The molecular weight excluding hydrogens is 295 g/mol. The van der Waals surface area contributed by atoms with Crippen LogP contribution >= 0.6 is 11.6 Å². The summed E-state index contributed by atoms with van der Waals surface area (Å²) < 4.78 is 14.2. The fourth-order valence-corrected chi connectivity index (χ4v) is 2.05. The highest BCUT2D eigenvalue weighted by Crippen LogP contribution is 2.18. The van der Waals surface area contributed by atoms with Gasteiger partial charge in [-0.2, -0.15) is 5.10 Å². The first-order valence-corrected chi connectivity index (χ1v) is 6.84. The first kappa shape index (κ1) is 15.4. The second-order valence-electron chi connectivity index (χ2n) is 5.10. The molecular formula is C15H14ClFN2O2. The summed E-state index contributed by atoms with van der Waals surface area (Å²) in [5.74, 6) is -0.195. The van der Waals surface area contributed by atoms with Crippen LogP contribution in [0, 0.1) is 11.7 Å². The minimum absolute atomic E-state index is 0.133. The van der Waals surface area contributed by atoms with Crippen LogP contribution in [0.2, 0.25) is 0 Å². The lowest BCUT2D eigenvalue weighted by atomic mass is 10.1. The van der Waals surface area contributed by atoms with Gasteiger partial charge in [0, 0.05) is 12.1 Å². The molecule has 0 saturated carbocycles. The lowest BCUT2D eigenvalue weighted by molar-refractivity contribution is 0.107. The zero-order valence-electron chi connectivity index (χ0n) is 11.6. The van der Waals surface area contributed by atoms with Crippen LogP contribution in [-0.2, 0) is 6.54 Å². The molecule has 6 heteroatoms. The topological polar surface area (TPSA) is 52.0 Å². The van der Waals surface area contributed by atoms with E-state index in [-0.39, 0.29) is 17.3 Å². The summed E-state index contributed by atoms with van der Waals surface area (Å²) in [7, 11) is 0. The van der Waals surface area contributed by atoms with Crippen molar-refractivity contribution in [2.24, 2.45) is 5.92 Å². The van der Waals surface area contributed by atoms with E-state index in [0.29, 0.717) is 17.8 Å². The fourth-order valence-electron chi connectivity index (χ4n) is 1.91. The van der Waals surface area contributed by atoms with Gasteiger partial charge in [0.2, 0.25) is 0 Å². The van der Waals surface area contributed by atoms with Crippen molar-refractivity contribution in [2.75, 3.05) is 0 Å². The number of nitrogens with zero attached hydrogens (tertiary/aromatic N) is 2. The summed E-state index contributed by atoms with van der Waals surface area (Å²) in [4.78, 5) is 23.5. The second kappa shape index (κ2) is 6.18. The zero-order chi connectivity index (χ0) is 15.6. The van der Waals surface area contributed by atoms with E-state index in [4.69, 9.17) is 11.6 Å². The first-order chi connectivity index (χ1) is 9.88. The van der Waals surface area contributed by atoms with Crippen LogP contribution in [0.4, 0.5) is 4.39 Å². The SMILES string of the molecule is CC(C)Cn1nc(-c2ccc(F)cc2)cc(C(=O)Cl)c1=O. The molecule has 1 heterocycles. The summed E-state index contributed by atoms with van der Waals surface area (Å²) in [6, 6.07) is 6.98. The molecule has 0 atom stereocenters. The average molecular weight is 309 g/mol. The van der Waals surface area contributed by atoms with E-state index < -0.39 is 10.8 Å². The second-order valence-corrected chi connectivity index (χ2v) is 5.45. The van der Waals surface area contributed by atoms with Crippen LogP contribution in [0.1, 0.15) is 24.2 Å². The molecule has 0 aliphatic rings. The molecule has 110 valence electrons. The minimum Gasteiger partial charge on any atom is -0.275 e. The summed E-state index contributed by atoms with van der Waals surface area (Å²) in [6.45, 7) is 4.23. The monoisotopic (exact) mass is 308 g/mol. The molecule has 0 amide bonds. The minimum atomic E-state index is -0.830. The van der Waals surface area contributed by atoms with Crippen LogP contribution in [-0.4, -0.2) is 15.0 Å². The molecule has 1 aromatic heterocycles. The molecule has 1 aromatic carbocycles. The zero-order valence-corrected chi connectivity index (χ0v) is 12.4. The number of hydrogen-bond acceptors (Lipinski definition) is 3. The molecule has 0 N–H and O–H groups in total. The van der Waals surface area contributed by atoms with Crippen LogP contribution in [0.15, 0.2) is 35.1 Å². The predicted octanol–water partition coefficient (Wildman–Crippen LogP) is 3.08. The Labute approximate surface area is 126 Å². The normalized spacial score (nSPS) is 10.9. The Balaban J connectivity index is 2.61. The lowest BCUT2D eigenvalue weighted by Crippen LogP contribution is -2.29. The van der Waals surface area contributed by atoms with Crippen molar-refractivity contribution >= 4 is 16.8 Å². The third kappa shape index (κ3) is 3.55. The van der Waals surface area contributed by atoms with Gasteiger partial charge in [-0.25, -0.2) is 9.07 Å². The molecule has 0 spiro atoms. The van der Waals surface area contributed by atoms with Gasteiger partial charge in [-0.15, -0.1) is 0 Å². The maximum Gasteiger partial charge on any atom is 0.279 e. The van der Waals surface area contributed by atoms with Crippen LogP contribution in [0.25, 0.3) is 11.3 Å². The Morgan fingerprint density at radius 3 is 2.48 bits per heavy atom. The smallest absolute Gasteiger partial charge is 0.275 e. The summed E-state index contributed by atoms with van der Waals surface area (Å²) in [5.41, 5.74) is 0.355. The first-order valence-electron chi connectivity index (χ1n) is 6.46. The molecule has 0 unspecified atom stereocenters. The third-order valence-electron chi connectivity index (χ3n) is 2.86. The third-order valence-corrected chi connectivity index (χ3v) is 3.07. The highest BCUT2D eigenvalue weighted by atomic mass is 35.5.